The maximum Gasteiger partial charge on any atom is 0.295 e. The molecule has 1 fully saturated rings. The molecule has 4 heteroatoms. The van der Waals surface area contributed by atoms with Crippen LogP contribution in [0, 0.1) is 0 Å². The standard InChI is InChI=1S/C15H21N3O/c1-2-9-18-10-7-12(8-11-18)16-15-17-13-5-3-4-6-14(13)19-15/h3-6,12H,2,7-11H2,1H3,(H,16,17). The average molecular weight is 259 g/mol. The number of benzene rings is 1. The van der Waals surface area contributed by atoms with E-state index < -0.39 is 0 Å². The zero-order chi connectivity index (χ0) is 13.1. The summed E-state index contributed by atoms with van der Waals surface area (Å²) >= 11 is 0. The summed E-state index contributed by atoms with van der Waals surface area (Å²) in [5, 5.41) is 3.43. The molecule has 102 valence electrons. The van der Waals surface area contributed by atoms with Crippen molar-refractivity contribution in [2.45, 2.75) is 32.2 Å². The highest BCUT2D eigenvalue weighted by atomic mass is 16.4. The maximum absolute atomic E-state index is 5.71. The number of para-hydroxylation sites is 2. The summed E-state index contributed by atoms with van der Waals surface area (Å²) in [6.45, 7) is 5.80. The first kappa shape index (κ1) is 12.5. The van der Waals surface area contributed by atoms with Gasteiger partial charge in [0.05, 0.1) is 0 Å². The molecular formula is C15H21N3O. The van der Waals surface area contributed by atoms with Crippen LogP contribution < -0.4 is 5.32 Å². The lowest BCUT2D eigenvalue weighted by atomic mass is 10.1. The van der Waals surface area contributed by atoms with E-state index in [4.69, 9.17) is 4.42 Å². The van der Waals surface area contributed by atoms with Gasteiger partial charge in [0.2, 0.25) is 0 Å². The van der Waals surface area contributed by atoms with Crippen molar-refractivity contribution in [2.75, 3.05) is 25.0 Å². The van der Waals surface area contributed by atoms with Gasteiger partial charge in [0, 0.05) is 19.1 Å². The monoisotopic (exact) mass is 259 g/mol. The van der Waals surface area contributed by atoms with Gasteiger partial charge in [-0.25, -0.2) is 0 Å². The van der Waals surface area contributed by atoms with Crippen LogP contribution in [0.15, 0.2) is 28.7 Å². The Balaban J connectivity index is 1.60. The van der Waals surface area contributed by atoms with E-state index in [9.17, 15) is 0 Å². The minimum atomic E-state index is 0.487. The fourth-order valence-corrected chi connectivity index (χ4v) is 2.73. The van der Waals surface area contributed by atoms with E-state index in [-0.39, 0.29) is 0 Å². The molecule has 0 aliphatic carbocycles. The van der Waals surface area contributed by atoms with E-state index in [2.05, 4.69) is 22.1 Å². The molecule has 0 spiro atoms. The lowest BCUT2D eigenvalue weighted by Crippen LogP contribution is -2.39. The first-order valence-corrected chi connectivity index (χ1v) is 7.19. The predicted octanol–water partition coefficient (Wildman–Crippen LogP) is 3.11. The van der Waals surface area contributed by atoms with Crippen molar-refractivity contribution in [1.29, 1.82) is 0 Å². The summed E-state index contributed by atoms with van der Waals surface area (Å²) in [4.78, 5) is 7.00. The second-order valence-corrected chi connectivity index (χ2v) is 5.25. The van der Waals surface area contributed by atoms with E-state index in [0.29, 0.717) is 12.1 Å². The molecule has 0 saturated carbocycles. The number of hydrogen-bond donors (Lipinski definition) is 1. The van der Waals surface area contributed by atoms with Gasteiger partial charge in [-0.3, -0.25) is 0 Å². The molecule has 4 nitrogen and oxygen atoms in total. The predicted molar refractivity (Wildman–Crippen MR) is 77.4 cm³/mol. The van der Waals surface area contributed by atoms with Gasteiger partial charge in [0.1, 0.15) is 5.52 Å². The number of fused-ring (bicyclic) bond motifs is 1. The summed E-state index contributed by atoms with van der Waals surface area (Å²) < 4.78 is 5.71. The highest BCUT2D eigenvalue weighted by Gasteiger charge is 2.19. The fourth-order valence-electron chi connectivity index (χ4n) is 2.73. The Hall–Kier alpha value is -1.55. The highest BCUT2D eigenvalue weighted by molar-refractivity contribution is 5.74. The number of nitrogens with one attached hydrogen (secondary N) is 1. The van der Waals surface area contributed by atoms with Gasteiger partial charge in [-0.15, -0.1) is 0 Å². The van der Waals surface area contributed by atoms with E-state index >= 15 is 0 Å². The normalized spacial score (nSPS) is 17.9. The maximum atomic E-state index is 5.71. The molecule has 1 aromatic carbocycles. The molecule has 2 aromatic rings. The summed E-state index contributed by atoms with van der Waals surface area (Å²) in [6.07, 6.45) is 3.57. The molecule has 19 heavy (non-hydrogen) atoms. The molecule has 1 aromatic heterocycles. The van der Waals surface area contributed by atoms with E-state index in [0.717, 1.165) is 11.1 Å². The number of likely N-dealkylation sites (tertiary alicyclic amines) is 1. The lowest BCUT2D eigenvalue weighted by molar-refractivity contribution is 0.218. The molecule has 1 aliphatic rings. The average Bonchev–Trinajstić information content (AvgIpc) is 2.83. The van der Waals surface area contributed by atoms with Gasteiger partial charge >= 0.3 is 0 Å². The highest BCUT2D eigenvalue weighted by Crippen LogP contribution is 2.21. The number of anilines is 1. The third-order valence-corrected chi connectivity index (χ3v) is 3.75. The second-order valence-electron chi connectivity index (χ2n) is 5.25. The number of rotatable bonds is 4. The number of hydrogen-bond acceptors (Lipinski definition) is 4. The third-order valence-electron chi connectivity index (χ3n) is 3.75. The zero-order valence-corrected chi connectivity index (χ0v) is 11.4. The molecule has 3 rings (SSSR count). The van der Waals surface area contributed by atoms with Gasteiger partial charge in [0.25, 0.3) is 6.01 Å². The molecule has 0 amide bonds. The first-order valence-electron chi connectivity index (χ1n) is 7.19. The molecule has 1 N–H and O–H groups in total. The largest absolute Gasteiger partial charge is 0.424 e. The summed E-state index contributed by atoms with van der Waals surface area (Å²) in [6, 6.07) is 9.04. The quantitative estimate of drug-likeness (QED) is 0.916. The Morgan fingerprint density at radius 3 is 2.84 bits per heavy atom. The van der Waals surface area contributed by atoms with Crippen LogP contribution in [0.25, 0.3) is 11.1 Å². The molecule has 1 saturated heterocycles. The van der Waals surface area contributed by atoms with Crippen molar-refractivity contribution < 1.29 is 4.42 Å². The van der Waals surface area contributed by atoms with Crippen LogP contribution in [-0.4, -0.2) is 35.6 Å². The molecule has 1 aliphatic heterocycles. The Bertz CT molecular complexity index is 496. The number of oxazole rings is 1. The smallest absolute Gasteiger partial charge is 0.295 e. The van der Waals surface area contributed by atoms with Crippen molar-refractivity contribution in [3.63, 3.8) is 0 Å². The molecule has 0 bridgehead atoms. The van der Waals surface area contributed by atoms with Crippen molar-refractivity contribution in [3.8, 4) is 0 Å². The van der Waals surface area contributed by atoms with Crippen LogP contribution in [0.5, 0.6) is 0 Å². The zero-order valence-electron chi connectivity index (χ0n) is 11.4. The molecule has 0 unspecified atom stereocenters. The number of aromatic nitrogens is 1. The Labute approximate surface area is 113 Å². The minimum absolute atomic E-state index is 0.487. The molecule has 0 radical (unpaired) electrons. The molecule has 0 atom stereocenters. The fraction of sp³-hybridized carbons (Fsp3) is 0.533. The van der Waals surface area contributed by atoms with Crippen molar-refractivity contribution in [2.24, 2.45) is 0 Å². The topological polar surface area (TPSA) is 41.3 Å². The number of piperidine rings is 1. The van der Waals surface area contributed by atoms with Gasteiger partial charge in [-0.2, -0.15) is 4.98 Å². The van der Waals surface area contributed by atoms with Crippen LogP contribution in [0.4, 0.5) is 6.01 Å². The van der Waals surface area contributed by atoms with Crippen LogP contribution in [0.1, 0.15) is 26.2 Å². The second kappa shape index (κ2) is 5.61. The SMILES string of the molecule is CCCN1CCC(Nc2nc3ccccc3o2)CC1. The first-order chi connectivity index (χ1) is 9.35. The van der Waals surface area contributed by atoms with Crippen molar-refractivity contribution in [3.05, 3.63) is 24.3 Å². The van der Waals surface area contributed by atoms with Crippen LogP contribution in [-0.2, 0) is 0 Å². The molecular weight excluding hydrogens is 238 g/mol. The van der Waals surface area contributed by atoms with E-state index in [1.165, 1.54) is 38.9 Å². The number of nitrogens with zero attached hydrogens (tertiary/aromatic N) is 2. The lowest BCUT2D eigenvalue weighted by Gasteiger charge is -2.31. The van der Waals surface area contributed by atoms with E-state index in [1.54, 1.807) is 0 Å². The minimum Gasteiger partial charge on any atom is -0.424 e. The van der Waals surface area contributed by atoms with Gasteiger partial charge < -0.3 is 14.6 Å². The van der Waals surface area contributed by atoms with Crippen LogP contribution >= 0.6 is 0 Å². The molecule has 2 heterocycles. The summed E-state index contributed by atoms with van der Waals surface area (Å²) in [5.74, 6) is 0. The van der Waals surface area contributed by atoms with Crippen molar-refractivity contribution >= 4 is 17.1 Å². The van der Waals surface area contributed by atoms with Crippen LogP contribution in [0.3, 0.4) is 0 Å². The van der Waals surface area contributed by atoms with Gasteiger partial charge in [-0.1, -0.05) is 19.1 Å². The van der Waals surface area contributed by atoms with Gasteiger partial charge in [-0.05, 0) is 37.9 Å². The van der Waals surface area contributed by atoms with Crippen molar-refractivity contribution in [1.82, 2.24) is 9.88 Å². The van der Waals surface area contributed by atoms with Crippen LogP contribution in [0.2, 0.25) is 0 Å². The van der Waals surface area contributed by atoms with E-state index in [1.807, 2.05) is 24.3 Å². The third kappa shape index (κ3) is 2.89. The Morgan fingerprint density at radius 1 is 1.32 bits per heavy atom. The summed E-state index contributed by atoms with van der Waals surface area (Å²) in [5.41, 5.74) is 1.78. The summed E-state index contributed by atoms with van der Waals surface area (Å²) in [7, 11) is 0. The Kier molecular flexibility index (Phi) is 3.69. The Morgan fingerprint density at radius 2 is 2.11 bits per heavy atom. The van der Waals surface area contributed by atoms with Gasteiger partial charge in [0.15, 0.2) is 5.58 Å².